The zero-order valence-electron chi connectivity index (χ0n) is 8.41. The van der Waals surface area contributed by atoms with Crippen molar-refractivity contribution < 1.29 is 19.4 Å². The number of carbonyl (C=O) groups is 1. The van der Waals surface area contributed by atoms with Crippen LogP contribution >= 0.6 is 0 Å². The summed E-state index contributed by atoms with van der Waals surface area (Å²) in [5, 5.41) is 10.2. The Labute approximate surface area is 83.2 Å². The molecule has 1 saturated carbocycles. The summed E-state index contributed by atoms with van der Waals surface area (Å²) in [5.74, 6) is -0.253. The van der Waals surface area contributed by atoms with Crippen molar-refractivity contribution in [1.82, 2.24) is 0 Å². The van der Waals surface area contributed by atoms with E-state index in [1.54, 1.807) is 6.92 Å². The molecule has 2 aliphatic rings. The van der Waals surface area contributed by atoms with Gasteiger partial charge in [-0.1, -0.05) is 6.42 Å². The molecule has 2 rings (SSSR count). The summed E-state index contributed by atoms with van der Waals surface area (Å²) in [7, 11) is 0. The summed E-state index contributed by atoms with van der Waals surface area (Å²) >= 11 is 0. The van der Waals surface area contributed by atoms with Gasteiger partial charge < -0.3 is 14.6 Å². The van der Waals surface area contributed by atoms with Gasteiger partial charge in [0.15, 0.2) is 0 Å². The molecule has 0 unspecified atom stereocenters. The van der Waals surface area contributed by atoms with Crippen molar-refractivity contribution in [3.8, 4) is 0 Å². The molecular weight excluding hydrogens is 184 g/mol. The van der Waals surface area contributed by atoms with Crippen LogP contribution in [-0.4, -0.2) is 36.5 Å². The molecular formula is C10H16O4. The van der Waals surface area contributed by atoms with Crippen LogP contribution in [0.4, 0.5) is 0 Å². The van der Waals surface area contributed by atoms with Gasteiger partial charge in [0.25, 0.3) is 0 Å². The highest BCUT2D eigenvalue weighted by molar-refractivity contribution is 5.80. The molecule has 0 amide bonds. The maximum atomic E-state index is 11.7. The Morgan fingerprint density at radius 2 is 2.14 bits per heavy atom. The van der Waals surface area contributed by atoms with E-state index in [1.165, 1.54) is 0 Å². The standard InChI is InChI=1S/C10H16O4/c1-2-14-8(11)9(4-3-5-9)10(12)6-13-7-10/h12H,2-7H2,1H3. The minimum absolute atomic E-state index is 0.253. The first kappa shape index (κ1) is 9.93. The molecule has 0 bridgehead atoms. The summed E-state index contributed by atoms with van der Waals surface area (Å²) in [6.07, 6.45) is 2.44. The predicted molar refractivity (Wildman–Crippen MR) is 48.7 cm³/mol. The van der Waals surface area contributed by atoms with Crippen LogP contribution < -0.4 is 0 Å². The lowest BCUT2D eigenvalue weighted by atomic mass is 9.57. The number of carbonyl (C=O) groups excluding carboxylic acids is 1. The van der Waals surface area contributed by atoms with Crippen molar-refractivity contribution in [2.75, 3.05) is 19.8 Å². The molecule has 4 nitrogen and oxygen atoms in total. The first-order valence-electron chi connectivity index (χ1n) is 5.12. The number of hydrogen-bond donors (Lipinski definition) is 1. The molecule has 1 N–H and O–H groups in total. The Hall–Kier alpha value is -0.610. The highest BCUT2D eigenvalue weighted by atomic mass is 16.6. The van der Waals surface area contributed by atoms with E-state index >= 15 is 0 Å². The van der Waals surface area contributed by atoms with Crippen molar-refractivity contribution in [3.05, 3.63) is 0 Å². The lowest BCUT2D eigenvalue weighted by Crippen LogP contribution is -2.67. The predicted octanol–water partition coefficient (Wildman–Crippen LogP) is 0.481. The fourth-order valence-electron chi connectivity index (χ4n) is 2.23. The Morgan fingerprint density at radius 3 is 2.43 bits per heavy atom. The monoisotopic (exact) mass is 200 g/mol. The quantitative estimate of drug-likeness (QED) is 0.673. The molecule has 2 fully saturated rings. The average Bonchev–Trinajstić information content (AvgIpc) is 1.99. The highest BCUT2D eigenvalue weighted by Crippen LogP contribution is 2.52. The van der Waals surface area contributed by atoms with Gasteiger partial charge in [-0.2, -0.15) is 0 Å². The van der Waals surface area contributed by atoms with Gasteiger partial charge in [-0.15, -0.1) is 0 Å². The molecule has 1 aliphatic heterocycles. The van der Waals surface area contributed by atoms with Crippen LogP contribution in [0.15, 0.2) is 0 Å². The fraction of sp³-hybridized carbons (Fsp3) is 0.900. The van der Waals surface area contributed by atoms with Gasteiger partial charge in [0, 0.05) is 0 Å². The average molecular weight is 200 g/mol. The van der Waals surface area contributed by atoms with E-state index in [0.29, 0.717) is 6.61 Å². The van der Waals surface area contributed by atoms with Gasteiger partial charge in [0.05, 0.1) is 19.8 Å². The number of esters is 1. The van der Waals surface area contributed by atoms with Gasteiger partial charge in [0.1, 0.15) is 11.0 Å². The molecule has 0 atom stereocenters. The minimum Gasteiger partial charge on any atom is -0.465 e. The van der Waals surface area contributed by atoms with Gasteiger partial charge >= 0.3 is 5.97 Å². The second-order valence-electron chi connectivity index (χ2n) is 4.18. The van der Waals surface area contributed by atoms with E-state index in [0.717, 1.165) is 19.3 Å². The molecule has 14 heavy (non-hydrogen) atoms. The maximum Gasteiger partial charge on any atom is 0.315 e. The number of ether oxygens (including phenoxy) is 2. The molecule has 80 valence electrons. The van der Waals surface area contributed by atoms with Gasteiger partial charge in [-0.3, -0.25) is 4.79 Å². The van der Waals surface area contributed by atoms with Gasteiger partial charge in [-0.25, -0.2) is 0 Å². The summed E-state index contributed by atoms with van der Waals surface area (Å²) < 4.78 is 10.0. The van der Waals surface area contributed by atoms with Crippen LogP contribution in [0.5, 0.6) is 0 Å². The molecule has 4 heteroatoms. The molecule has 1 saturated heterocycles. The van der Waals surface area contributed by atoms with Crippen LogP contribution in [0.3, 0.4) is 0 Å². The Kier molecular flexibility index (Phi) is 2.27. The fourth-order valence-corrected chi connectivity index (χ4v) is 2.23. The lowest BCUT2D eigenvalue weighted by molar-refractivity contribution is -0.263. The van der Waals surface area contributed by atoms with Crippen molar-refractivity contribution in [2.24, 2.45) is 5.41 Å². The Morgan fingerprint density at radius 1 is 1.50 bits per heavy atom. The SMILES string of the molecule is CCOC(=O)C1(C2(O)COC2)CCC1. The van der Waals surface area contributed by atoms with Gasteiger partial charge in [-0.05, 0) is 19.8 Å². The number of hydrogen-bond acceptors (Lipinski definition) is 4. The zero-order valence-corrected chi connectivity index (χ0v) is 8.41. The first-order chi connectivity index (χ1) is 6.65. The van der Waals surface area contributed by atoms with E-state index in [-0.39, 0.29) is 19.2 Å². The van der Waals surface area contributed by atoms with Crippen LogP contribution in [-0.2, 0) is 14.3 Å². The summed E-state index contributed by atoms with van der Waals surface area (Å²) in [6.45, 7) is 2.70. The lowest BCUT2D eigenvalue weighted by Gasteiger charge is -2.54. The molecule has 1 heterocycles. The van der Waals surface area contributed by atoms with E-state index in [4.69, 9.17) is 9.47 Å². The van der Waals surface area contributed by atoms with Crippen LogP contribution in [0.25, 0.3) is 0 Å². The summed E-state index contributed by atoms with van der Waals surface area (Å²) in [4.78, 5) is 11.7. The van der Waals surface area contributed by atoms with Crippen molar-refractivity contribution >= 4 is 5.97 Å². The normalized spacial score (nSPS) is 27.3. The number of aliphatic hydroxyl groups is 1. The second kappa shape index (κ2) is 3.21. The second-order valence-corrected chi connectivity index (χ2v) is 4.18. The number of rotatable bonds is 3. The van der Waals surface area contributed by atoms with Crippen LogP contribution in [0, 0.1) is 5.41 Å². The molecule has 0 spiro atoms. The van der Waals surface area contributed by atoms with Crippen molar-refractivity contribution in [2.45, 2.75) is 31.8 Å². The van der Waals surface area contributed by atoms with E-state index in [2.05, 4.69) is 0 Å². The van der Waals surface area contributed by atoms with Gasteiger partial charge in [0.2, 0.25) is 0 Å². The molecule has 1 aliphatic carbocycles. The third-order valence-corrected chi connectivity index (χ3v) is 3.45. The van der Waals surface area contributed by atoms with Crippen molar-refractivity contribution in [1.29, 1.82) is 0 Å². The minimum atomic E-state index is -0.961. The largest absolute Gasteiger partial charge is 0.465 e. The van der Waals surface area contributed by atoms with Crippen molar-refractivity contribution in [3.63, 3.8) is 0 Å². The smallest absolute Gasteiger partial charge is 0.315 e. The van der Waals surface area contributed by atoms with E-state index in [1.807, 2.05) is 0 Å². The molecule has 0 aromatic heterocycles. The zero-order chi connectivity index (χ0) is 10.2. The summed E-state index contributed by atoms with van der Waals surface area (Å²) in [6, 6.07) is 0. The molecule has 0 aromatic carbocycles. The Bertz CT molecular complexity index is 241. The summed E-state index contributed by atoms with van der Waals surface area (Å²) in [5.41, 5.74) is -1.63. The van der Waals surface area contributed by atoms with Crippen LogP contribution in [0.1, 0.15) is 26.2 Å². The van der Waals surface area contributed by atoms with E-state index < -0.39 is 11.0 Å². The molecule has 0 aromatic rings. The van der Waals surface area contributed by atoms with Crippen LogP contribution in [0.2, 0.25) is 0 Å². The van der Waals surface area contributed by atoms with E-state index in [9.17, 15) is 9.90 Å². The maximum absolute atomic E-state index is 11.7. The third-order valence-electron chi connectivity index (χ3n) is 3.45. The molecule has 0 radical (unpaired) electrons. The third kappa shape index (κ3) is 1.10. The highest BCUT2D eigenvalue weighted by Gasteiger charge is 2.63. The first-order valence-corrected chi connectivity index (χ1v) is 5.12. The Balaban J connectivity index is 2.13. The topological polar surface area (TPSA) is 55.8 Å².